The van der Waals surface area contributed by atoms with Crippen molar-refractivity contribution in [3.05, 3.63) is 63.5 Å². The summed E-state index contributed by atoms with van der Waals surface area (Å²) in [5.74, 6) is -0.268. The Bertz CT molecular complexity index is 988. The van der Waals surface area contributed by atoms with Crippen LogP contribution in [0, 0.1) is 10.1 Å². The third-order valence-electron chi connectivity index (χ3n) is 3.74. The maximum Gasteiger partial charge on any atom is 0.286 e. The minimum Gasteiger partial charge on any atom is -0.493 e. The Morgan fingerprint density at radius 2 is 1.81 bits per heavy atom. The highest BCUT2D eigenvalue weighted by Gasteiger charge is 2.25. The van der Waals surface area contributed by atoms with Crippen molar-refractivity contribution in [3.63, 3.8) is 0 Å². The molecule has 1 amide bonds. The Balaban J connectivity index is 1.90. The third-order valence-corrected chi connectivity index (χ3v) is 4.50. The molecule has 0 bridgehead atoms. The second kappa shape index (κ2) is 7.83. The number of nitrogens with one attached hydrogen (secondary N) is 1. The molecule has 0 atom stereocenters. The molecule has 0 spiro atoms. The van der Waals surface area contributed by atoms with Crippen LogP contribution >= 0.6 is 11.3 Å². The molecule has 0 unspecified atom stereocenters. The van der Waals surface area contributed by atoms with Crippen molar-refractivity contribution in [1.82, 2.24) is 4.98 Å². The van der Waals surface area contributed by atoms with Crippen molar-refractivity contribution in [2.24, 2.45) is 0 Å². The fourth-order valence-electron chi connectivity index (χ4n) is 2.44. The predicted octanol–water partition coefficient (Wildman–Crippen LogP) is 3.99. The molecule has 1 heterocycles. The molecule has 0 fully saturated rings. The molecule has 2 aromatic carbocycles. The number of carbonyl (C=O) groups excluding carboxylic acids is 1. The van der Waals surface area contributed by atoms with Gasteiger partial charge >= 0.3 is 0 Å². The summed E-state index contributed by atoms with van der Waals surface area (Å²) in [5.41, 5.74) is 1.09. The number of hydrogen-bond acceptors (Lipinski definition) is 7. The van der Waals surface area contributed by atoms with Crippen LogP contribution in [0.4, 0.5) is 10.8 Å². The zero-order valence-corrected chi connectivity index (χ0v) is 15.3. The number of nitrogens with zero attached hydrogens (tertiary/aromatic N) is 2. The van der Waals surface area contributed by atoms with Gasteiger partial charge in [0.05, 0.1) is 30.9 Å². The molecule has 1 N–H and O–H groups in total. The first-order valence-electron chi connectivity index (χ1n) is 7.76. The second-order valence-corrected chi connectivity index (χ2v) is 6.20. The van der Waals surface area contributed by atoms with E-state index in [1.807, 2.05) is 30.3 Å². The van der Waals surface area contributed by atoms with Crippen molar-refractivity contribution >= 4 is 28.1 Å². The topological polar surface area (TPSA) is 104 Å². The lowest BCUT2D eigenvalue weighted by atomic mass is 10.1. The maximum atomic E-state index is 12.6. The van der Waals surface area contributed by atoms with E-state index in [9.17, 15) is 14.9 Å². The Morgan fingerprint density at radius 1 is 1.15 bits per heavy atom. The SMILES string of the molecule is COc1cc(C(=O)Nc2nc(-c3ccccc3)cs2)c([N+](=O)[O-])cc1OC. The van der Waals surface area contributed by atoms with Crippen LogP contribution < -0.4 is 14.8 Å². The lowest BCUT2D eigenvalue weighted by Gasteiger charge is -2.10. The summed E-state index contributed by atoms with van der Waals surface area (Å²) in [6.45, 7) is 0. The molecular weight excluding hydrogens is 370 g/mol. The van der Waals surface area contributed by atoms with E-state index in [0.29, 0.717) is 10.8 Å². The van der Waals surface area contributed by atoms with E-state index < -0.39 is 10.8 Å². The number of ether oxygens (including phenoxy) is 2. The molecule has 3 rings (SSSR count). The number of nitro groups is 1. The summed E-state index contributed by atoms with van der Waals surface area (Å²) in [6.07, 6.45) is 0. The van der Waals surface area contributed by atoms with E-state index in [0.717, 1.165) is 11.6 Å². The fourth-order valence-corrected chi connectivity index (χ4v) is 3.15. The molecule has 0 radical (unpaired) electrons. The molecule has 1 aromatic heterocycles. The normalized spacial score (nSPS) is 10.3. The van der Waals surface area contributed by atoms with E-state index in [4.69, 9.17) is 9.47 Å². The highest BCUT2D eigenvalue weighted by atomic mass is 32.1. The van der Waals surface area contributed by atoms with Crippen LogP contribution in [0.3, 0.4) is 0 Å². The summed E-state index contributed by atoms with van der Waals surface area (Å²) in [7, 11) is 2.75. The number of anilines is 1. The lowest BCUT2D eigenvalue weighted by molar-refractivity contribution is -0.385. The highest BCUT2D eigenvalue weighted by molar-refractivity contribution is 7.14. The van der Waals surface area contributed by atoms with Crippen molar-refractivity contribution in [1.29, 1.82) is 0 Å². The van der Waals surface area contributed by atoms with Gasteiger partial charge in [-0.2, -0.15) is 0 Å². The summed E-state index contributed by atoms with van der Waals surface area (Å²) in [6, 6.07) is 11.9. The van der Waals surface area contributed by atoms with Crippen LogP contribution in [-0.4, -0.2) is 30.0 Å². The van der Waals surface area contributed by atoms with E-state index in [1.165, 1.54) is 31.6 Å². The summed E-state index contributed by atoms with van der Waals surface area (Å²) >= 11 is 1.23. The highest BCUT2D eigenvalue weighted by Crippen LogP contribution is 2.35. The molecule has 0 aliphatic heterocycles. The number of thiazole rings is 1. The first-order valence-corrected chi connectivity index (χ1v) is 8.64. The van der Waals surface area contributed by atoms with Gasteiger partial charge in [-0.3, -0.25) is 20.2 Å². The van der Waals surface area contributed by atoms with Gasteiger partial charge in [0.25, 0.3) is 11.6 Å². The summed E-state index contributed by atoms with van der Waals surface area (Å²) < 4.78 is 10.2. The van der Waals surface area contributed by atoms with E-state index in [-0.39, 0.29) is 22.7 Å². The van der Waals surface area contributed by atoms with Crippen molar-refractivity contribution in [2.45, 2.75) is 0 Å². The minimum absolute atomic E-state index is 0.144. The standard InChI is InChI=1S/C18H15N3O5S/c1-25-15-8-12(14(21(23)24)9-16(15)26-2)17(22)20-18-19-13(10-27-18)11-6-4-3-5-7-11/h3-10H,1-2H3,(H,19,20,22). The zero-order chi connectivity index (χ0) is 19.4. The molecule has 27 heavy (non-hydrogen) atoms. The van der Waals surface area contributed by atoms with Crippen LogP contribution in [0.2, 0.25) is 0 Å². The number of benzene rings is 2. The zero-order valence-electron chi connectivity index (χ0n) is 14.5. The van der Waals surface area contributed by atoms with Gasteiger partial charge in [-0.05, 0) is 0 Å². The first kappa shape index (κ1) is 18.3. The minimum atomic E-state index is -0.656. The molecule has 0 saturated carbocycles. The van der Waals surface area contributed by atoms with Crippen LogP contribution in [-0.2, 0) is 0 Å². The Hall–Kier alpha value is -3.46. The Labute approximate surface area is 158 Å². The number of rotatable bonds is 6. The van der Waals surface area contributed by atoms with Crippen LogP contribution in [0.25, 0.3) is 11.3 Å². The van der Waals surface area contributed by atoms with Crippen LogP contribution in [0.5, 0.6) is 11.5 Å². The maximum absolute atomic E-state index is 12.6. The summed E-state index contributed by atoms with van der Waals surface area (Å²) in [5, 5.41) is 16.1. The van der Waals surface area contributed by atoms with Gasteiger partial charge in [-0.25, -0.2) is 4.98 Å². The smallest absolute Gasteiger partial charge is 0.286 e. The number of nitro benzene ring substituents is 1. The average Bonchev–Trinajstić information content (AvgIpc) is 3.15. The molecule has 0 aliphatic rings. The van der Waals surface area contributed by atoms with Gasteiger partial charge in [-0.15, -0.1) is 11.3 Å². The largest absolute Gasteiger partial charge is 0.493 e. The molecule has 0 saturated heterocycles. The molecule has 0 aliphatic carbocycles. The van der Waals surface area contributed by atoms with Gasteiger partial charge in [0.15, 0.2) is 16.6 Å². The number of methoxy groups -OCH3 is 2. The lowest BCUT2D eigenvalue weighted by Crippen LogP contribution is -2.14. The van der Waals surface area contributed by atoms with Gasteiger partial charge < -0.3 is 9.47 Å². The third kappa shape index (κ3) is 3.87. The number of carbonyl (C=O) groups is 1. The van der Waals surface area contributed by atoms with Gasteiger partial charge in [0.2, 0.25) is 0 Å². The summed E-state index contributed by atoms with van der Waals surface area (Å²) in [4.78, 5) is 27.7. The first-order chi connectivity index (χ1) is 13.0. The van der Waals surface area contributed by atoms with E-state index >= 15 is 0 Å². The monoisotopic (exact) mass is 385 g/mol. The number of aromatic nitrogens is 1. The van der Waals surface area contributed by atoms with Crippen molar-refractivity contribution in [2.75, 3.05) is 19.5 Å². The van der Waals surface area contributed by atoms with Crippen molar-refractivity contribution in [3.8, 4) is 22.8 Å². The second-order valence-electron chi connectivity index (χ2n) is 5.34. The molecule has 8 nitrogen and oxygen atoms in total. The molecule has 9 heteroatoms. The quantitative estimate of drug-likeness (QED) is 0.508. The fraction of sp³-hybridized carbons (Fsp3) is 0.111. The number of amides is 1. The van der Waals surface area contributed by atoms with Crippen LogP contribution in [0.15, 0.2) is 47.8 Å². The Kier molecular flexibility index (Phi) is 5.32. The van der Waals surface area contributed by atoms with Crippen molar-refractivity contribution < 1.29 is 19.2 Å². The molecule has 3 aromatic rings. The molecule has 138 valence electrons. The molecular formula is C18H15N3O5S. The van der Waals surface area contributed by atoms with E-state index in [2.05, 4.69) is 10.3 Å². The average molecular weight is 385 g/mol. The van der Waals surface area contributed by atoms with E-state index in [1.54, 1.807) is 5.38 Å². The van der Waals surface area contributed by atoms with Crippen LogP contribution in [0.1, 0.15) is 10.4 Å². The predicted molar refractivity (Wildman–Crippen MR) is 102 cm³/mol. The van der Waals surface area contributed by atoms with Gasteiger partial charge in [0.1, 0.15) is 5.56 Å². The van der Waals surface area contributed by atoms with Gasteiger partial charge in [-0.1, -0.05) is 30.3 Å². The Morgan fingerprint density at radius 3 is 2.44 bits per heavy atom. The number of hydrogen-bond donors (Lipinski definition) is 1. The van der Waals surface area contributed by atoms with Gasteiger partial charge in [0, 0.05) is 17.0 Å².